The lowest BCUT2D eigenvalue weighted by Crippen LogP contribution is -2.21. The number of rotatable bonds is 5. The molecule has 0 atom stereocenters. The van der Waals surface area contributed by atoms with Crippen molar-refractivity contribution in [1.29, 1.82) is 0 Å². The summed E-state index contributed by atoms with van der Waals surface area (Å²) in [6.07, 6.45) is 1.57. The van der Waals surface area contributed by atoms with Crippen LogP contribution in [0.4, 0.5) is 5.95 Å². The summed E-state index contributed by atoms with van der Waals surface area (Å²) in [5.74, 6) is 0.0295. The number of halogens is 2. The summed E-state index contributed by atoms with van der Waals surface area (Å²) in [4.78, 5) is 16.3. The summed E-state index contributed by atoms with van der Waals surface area (Å²) in [6, 6.07) is 7.48. The largest absolute Gasteiger partial charge is 0.292 e. The lowest BCUT2D eigenvalue weighted by molar-refractivity contribution is -0.117. The van der Waals surface area contributed by atoms with Crippen molar-refractivity contribution in [3.05, 3.63) is 57.0 Å². The second-order valence-corrected chi connectivity index (χ2v) is 6.81. The molecule has 1 amide bonds. The molecule has 0 saturated carbocycles. The first-order valence-corrected chi connectivity index (χ1v) is 8.72. The van der Waals surface area contributed by atoms with Crippen LogP contribution in [0.5, 0.6) is 0 Å². The lowest BCUT2D eigenvalue weighted by Gasteiger charge is -2.04. The molecule has 0 aliphatic rings. The molecule has 1 N–H and O–H groups in total. The molecule has 1 aromatic carbocycles. The standard InChI is InChI=1S/C16H16BrClN6O/c1-10-15(17)11(2)24(21-10)8-14(25)20-16-19-9-23(22-16)7-12-3-5-13(18)6-4-12/h3-6,9H,7-8H2,1-2H3,(H,20,22,25). The number of aromatic nitrogens is 5. The van der Waals surface area contributed by atoms with E-state index >= 15 is 0 Å². The Balaban J connectivity index is 1.61. The third-order valence-electron chi connectivity index (χ3n) is 3.63. The Morgan fingerprint density at radius 2 is 1.96 bits per heavy atom. The van der Waals surface area contributed by atoms with Gasteiger partial charge < -0.3 is 0 Å². The van der Waals surface area contributed by atoms with Crippen molar-refractivity contribution >= 4 is 39.4 Å². The highest BCUT2D eigenvalue weighted by molar-refractivity contribution is 9.10. The molecule has 0 saturated heterocycles. The highest BCUT2D eigenvalue weighted by Gasteiger charge is 2.13. The van der Waals surface area contributed by atoms with Crippen LogP contribution in [-0.2, 0) is 17.9 Å². The van der Waals surface area contributed by atoms with Gasteiger partial charge in [-0.05, 0) is 47.5 Å². The van der Waals surface area contributed by atoms with Gasteiger partial charge in [0, 0.05) is 5.02 Å². The third-order valence-corrected chi connectivity index (χ3v) is 5.03. The molecule has 3 aromatic rings. The Kier molecular flexibility index (Phi) is 5.19. The first-order chi connectivity index (χ1) is 11.9. The Morgan fingerprint density at radius 1 is 1.24 bits per heavy atom. The summed E-state index contributed by atoms with van der Waals surface area (Å²) < 4.78 is 4.20. The fourth-order valence-corrected chi connectivity index (χ4v) is 2.74. The van der Waals surface area contributed by atoms with E-state index in [4.69, 9.17) is 11.6 Å². The first-order valence-electron chi connectivity index (χ1n) is 7.55. The van der Waals surface area contributed by atoms with Gasteiger partial charge in [0.15, 0.2) is 0 Å². The molecule has 9 heteroatoms. The van der Waals surface area contributed by atoms with Gasteiger partial charge in [-0.15, -0.1) is 5.10 Å². The van der Waals surface area contributed by atoms with E-state index in [0.717, 1.165) is 21.4 Å². The van der Waals surface area contributed by atoms with Crippen molar-refractivity contribution in [3.63, 3.8) is 0 Å². The summed E-state index contributed by atoms with van der Waals surface area (Å²) in [6.45, 7) is 4.43. The van der Waals surface area contributed by atoms with Gasteiger partial charge in [-0.2, -0.15) is 5.10 Å². The molecule has 0 aliphatic carbocycles. The van der Waals surface area contributed by atoms with Crippen molar-refractivity contribution in [2.45, 2.75) is 26.9 Å². The van der Waals surface area contributed by atoms with Crippen molar-refractivity contribution < 1.29 is 4.79 Å². The van der Waals surface area contributed by atoms with Gasteiger partial charge in [0.05, 0.1) is 22.4 Å². The predicted octanol–water partition coefficient (Wildman–Crippen LogP) is 3.19. The molecule has 130 valence electrons. The van der Waals surface area contributed by atoms with Crippen LogP contribution < -0.4 is 5.32 Å². The van der Waals surface area contributed by atoms with Gasteiger partial charge in [0.25, 0.3) is 0 Å². The molecule has 3 rings (SSSR count). The van der Waals surface area contributed by atoms with E-state index in [1.807, 2.05) is 38.1 Å². The third kappa shape index (κ3) is 4.26. The first kappa shape index (κ1) is 17.6. The Morgan fingerprint density at radius 3 is 2.60 bits per heavy atom. The van der Waals surface area contributed by atoms with Crippen LogP contribution >= 0.6 is 27.5 Å². The minimum atomic E-state index is -0.234. The second kappa shape index (κ2) is 7.37. The number of anilines is 1. The maximum atomic E-state index is 12.2. The number of benzene rings is 1. The van der Waals surface area contributed by atoms with E-state index in [0.29, 0.717) is 11.6 Å². The topological polar surface area (TPSA) is 77.6 Å². The number of nitrogens with zero attached hydrogens (tertiary/aromatic N) is 5. The van der Waals surface area contributed by atoms with Crippen LogP contribution in [0.3, 0.4) is 0 Å². The molecule has 25 heavy (non-hydrogen) atoms. The number of carbonyl (C=O) groups excluding carboxylic acids is 1. The van der Waals surface area contributed by atoms with Gasteiger partial charge in [-0.25, -0.2) is 9.67 Å². The van der Waals surface area contributed by atoms with Crippen molar-refractivity contribution in [2.75, 3.05) is 5.32 Å². The van der Waals surface area contributed by atoms with E-state index in [1.165, 1.54) is 0 Å². The van der Waals surface area contributed by atoms with E-state index in [9.17, 15) is 4.79 Å². The van der Waals surface area contributed by atoms with Gasteiger partial charge >= 0.3 is 0 Å². The van der Waals surface area contributed by atoms with E-state index in [2.05, 4.69) is 36.4 Å². The van der Waals surface area contributed by atoms with E-state index in [1.54, 1.807) is 15.7 Å². The number of aryl methyl sites for hydroxylation is 1. The monoisotopic (exact) mass is 422 g/mol. The number of hydrogen-bond donors (Lipinski definition) is 1. The number of hydrogen-bond acceptors (Lipinski definition) is 4. The van der Waals surface area contributed by atoms with Gasteiger partial charge in [0.1, 0.15) is 12.9 Å². The van der Waals surface area contributed by atoms with E-state index in [-0.39, 0.29) is 18.4 Å². The van der Waals surface area contributed by atoms with Gasteiger partial charge in [-0.3, -0.25) is 14.8 Å². The molecule has 0 bridgehead atoms. The van der Waals surface area contributed by atoms with Crippen molar-refractivity contribution in [1.82, 2.24) is 24.5 Å². The van der Waals surface area contributed by atoms with Crippen LogP contribution in [-0.4, -0.2) is 30.5 Å². The van der Waals surface area contributed by atoms with Crippen LogP contribution in [0, 0.1) is 13.8 Å². The molecule has 7 nitrogen and oxygen atoms in total. The molecular weight excluding hydrogens is 408 g/mol. The highest BCUT2D eigenvalue weighted by atomic mass is 79.9. The summed E-state index contributed by atoms with van der Waals surface area (Å²) in [5, 5.41) is 11.9. The SMILES string of the molecule is Cc1nn(CC(=O)Nc2ncn(Cc3ccc(Cl)cc3)n2)c(C)c1Br. The molecule has 0 radical (unpaired) electrons. The zero-order valence-corrected chi connectivity index (χ0v) is 16.0. The molecular formula is C16H16BrClN6O. The van der Waals surface area contributed by atoms with Crippen LogP contribution in [0.2, 0.25) is 5.02 Å². The minimum Gasteiger partial charge on any atom is -0.292 e. The van der Waals surface area contributed by atoms with Crippen LogP contribution in [0.25, 0.3) is 0 Å². The van der Waals surface area contributed by atoms with Crippen LogP contribution in [0.15, 0.2) is 35.1 Å². The summed E-state index contributed by atoms with van der Waals surface area (Å²) in [7, 11) is 0. The zero-order valence-electron chi connectivity index (χ0n) is 13.7. The Bertz CT molecular complexity index is 902. The zero-order chi connectivity index (χ0) is 18.0. The number of carbonyl (C=O) groups is 1. The number of nitrogens with one attached hydrogen (secondary N) is 1. The highest BCUT2D eigenvalue weighted by Crippen LogP contribution is 2.19. The summed E-state index contributed by atoms with van der Waals surface area (Å²) >= 11 is 9.32. The van der Waals surface area contributed by atoms with Gasteiger partial charge in [0.2, 0.25) is 11.9 Å². The smallest absolute Gasteiger partial charge is 0.248 e. The number of amides is 1. The second-order valence-electron chi connectivity index (χ2n) is 5.58. The molecule has 0 spiro atoms. The minimum absolute atomic E-state index is 0.101. The Hall–Kier alpha value is -2.19. The van der Waals surface area contributed by atoms with E-state index < -0.39 is 0 Å². The normalized spacial score (nSPS) is 10.9. The lowest BCUT2D eigenvalue weighted by atomic mass is 10.2. The molecule has 0 unspecified atom stereocenters. The van der Waals surface area contributed by atoms with Crippen molar-refractivity contribution in [3.8, 4) is 0 Å². The maximum absolute atomic E-state index is 12.2. The molecule has 2 aromatic heterocycles. The molecule has 2 heterocycles. The predicted molar refractivity (Wildman–Crippen MR) is 98.6 cm³/mol. The average molecular weight is 424 g/mol. The van der Waals surface area contributed by atoms with Crippen molar-refractivity contribution in [2.24, 2.45) is 0 Å². The summed E-state index contributed by atoms with van der Waals surface area (Å²) in [5.41, 5.74) is 2.78. The quantitative estimate of drug-likeness (QED) is 0.683. The fraction of sp³-hybridized carbons (Fsp3) is 0.250. The fourth-order valence-electron chi connectivity index (χ4n) is 2.33. The molecule has 0 fully saturated rings. The molecule has 0 aliphatic heterocycles. The maximum Gasteiger partial charge on any atom is 0.248 e. The Labute approximate surface area is 158 Å². The van der Waals surface area contributed by atoms with Crippen LogP contribution in [0.1, 0.15) is 17.0 Å². The van der Waals surface area contributed by atoms with Gasteiger partial charge in [-0.1, -0.05) is 23.7 Å². The average Bonchev–Trinajstić information content (AvgIpc) is 3.10.